The van der Waals surface area contributed by atoms with Crippen molar-refractivity contribution in [3.63, 3.8) is 0 Å². The number of rotatable bonds is 11. The van der Waals surface area contributed by atoms with Crippen LogP contribution < -0.4 is 4.74 Å². The smallest absolute Gasteiger partial charge is 0.119 e. The van der Waals surface area contributed by atoms with Gasteiger partial charge in [0.1, 0.15) is 5.75 Å². The summed E-state index contributed by atoms with van der Waals surface area (Å²) >= 11 is 0. The number of ether oxygens (including phenoxy) is 1. The largest absolute Gasteiger partial charge is 0.494 e. The van der Waals surface area contributed by atoms with Gasteiger partial charge in [-0.3, -0.25) is 0 Å². The fraction of sp³-hybridized carbons (Fsp3) is 0.647. The quantitative estimate of drug-likeness (QED) is 0.545. The first-order valence-corrected chi connectivity index (χ1v) is 7.77. The molecule has 0 spiro atoms. The standard InChI is InChI=1S/C17H29NO.ClH/c1-3-5-13-18(14-6-4-2)15-10-16-19-17-11-8-7-9-12-17;/h7-9,11-12H,3-6,10,13-16H2,1-2H3;1H. The highest BCUT2D eigenvalue weighted by Gasteiger charge is 2.03. The first-order valence-electron chi connectivity index (χ1n) is 7.77. The molecule has 2 nitrogen and oxygen atoms in total. The van der Waals surface area contributed by atoms with E-state index < -0.39 is 0 Å². The summed E-state index contributed by atoms with van der Waals surface area (Å²) < 4.78 is 5.74. The minimum atomic E-state index is 0. The van der Waals surface area contributed by atoms with E-state index in [9.17, 15) is 0 Å². The fourth-order valence-electron chi connectivity index (χ4n) is 2.09. The minimum absolute atomic E-state index is 0. The summed E-state index contributed by atoms with van der Waals surface area (Å²) in [6.45, 7) is 8.97. The van der Waals surface area contributed by atoms with Gasteiger partial charge >= 0.3 is 0 Å². The normalized spacial score (nSPS) is 10.3. The Labute approximate surface area is 130 Å². The molecule has 0 aromatic heterocycles. The Morgan fingerprint density at radius 3 is 1.95 bits per heavy atom. The van der Waals surface area contributed by atoms with Crippen molar-refractivity contribution in [2.24, 2.45) is 0 Å². The zero-order valence-corrected chi connectivity index (χ0v) is 13.8. The van der Waals surface area contributed by atoms with Crippen LogP contribution in [0.3, 0.4) is 0 Å². The Balaban J connectivity index is 0.00000361. The van der Waals surface area contributed by atoms with Gasteiger partial charge in [0.2, 0.25) is 0 Å². The van der Waals surface area contributed by atoms with Gasteiger partial charge in [-0.1, -0.05) is 44.9 Å². The summed E-state index contributed by atoms with van der Waals surface area (Å²) in [5.41, 5.74) is 0. The number of benzene rings is 1. The van der Waals surface area contributed by atoms with Gasteiger partial charge in [-0.05, 0) is 44.5 Å². The highest BCUT2D eigenvalue weighted by atomic mass is 35.5. The van der Waals surface area contributed by atoms with E-state index in [1.807, 2.05) is 30.3 Å². The second-order valence-corrected chi connectivity index (χ2v) is 5.06. The number of hydrogen-bond acceptors (Lipinski definition) is 2. The van der Waals surface area contributed by atoms with E-state index in [-0.39, 0.29) is 12.4 Å². The van der Waals surface area contributed by atoms with Crippen molar-refractivity contribution in [1.82, 2.24) is 4.90 Å². The van der Waals surface area contributed by atoms with Crippen molar-refractivity contribution < 1.29 is 4.74 Å². The SMILES string of the molecule is CCCCN(CCCC)CCCOc1ccccc1.Cl. The predicted molar refractivity (Wildman–Crippen MR) is 90.1 cm³/mol. The van der Waals surface area contributed by atoms with Crippen LogP contribution in [0.4, 0.5) is 0 Å². The molecule has 3 heteroatoms. The summed E-state index contributed by atoms with van der Waals surface area (Å²) in [5.74, 6) is 0.983. The van der Waals surface area contributed by atoms with Gasteiger partial charge in [0.15, 0.2) is 0 Å². The third-order valence-corrected chi connectivity index (χ3v) is 3.29. The highest BCUT2D eigenvalue weighted by Crippen LogP contribution is 2.08. The molecule has 0 saturated carbocycles. The topological polar surface area (TPSA) is 12.5 Å². The molecule has 0 saturated heterocycles. The molecule has 0 aliphatic rings. The van der Waals surface area contributed by atoms with E-state index in [1.165, 1.54) is 38.8 Å². The maximum absolute atomic E-state index is 5.74. The second kappa shape index (κ2) is 13.3. The number of hydrogen-bond donors (Lipinski definition) is 0. The Morgan fingerprint density at radius 2 is 1.40 bits per heavy atom. The van der Waals surface area contributed by atoms with Gasteiger partial charge in [-0.25, -0.2) is 0 Å². The molecule has 0 unspecified atom stereocenters. The molecule has 0 amide bonds. The lowest BCUT2D eigenvalue weighted by atomic mass is 10.2. The lowest BCUT2D eigenvalue weighted by molar-refractivity contribution is 0.229. The average molecular weight is 300 g/mol. The Bertz CT molecular complexity index is 297. The van der Waals surface area contributed by atoms with E-state index in [2.05, 4.69) is 18.7 Å². The van der Waals surface area contributed by atoms with E-state index in [1.54, 1.807) is 0 Å². The highest BCUT2D eigenvalue weighted by molar-refractivity contribution is 5.85. The van der Waals surface area contributed by atoms with Crippen LogP contribution in [0.15, 0.2) is 30.3 Å². The summed E-state index contributed by atoms with van der Waals surface area (Å²) in [6.07, 6.45) is 6.29. The molecule has 0 bridgehead atoms. The molecule has 1 aromatic rings. The molecule has 0 aliphatic heterocycles. The maximum atomic E-state index is 5.74. The molecule has 20 heavy (non-hydrogen) atoms. The molecule has 1 rings (SSSR count). The van der Waals surface area contributed by atoms with Gasteiger partial charge < -0.3 is 9.64 Å². The Kier molecular flexibility index (Phi) is 12.8. The van der Waals surface area contributed by atoms with Crippen LogP contribution in [-0.2, 0) is 0 Å². The molecule has 0 N–H and O–H groups in total. The molecule has 0 radical (unpaired) electrons. The fourth-order valence-corrected chi connectivity index (χ4v) is 2.09. The van der Waals surface area contributed by atoms with Crippen LogP contribution in [0.25, 0.3) is 0 Å². The van der Waals surface area contributed by atoms with E-state index >= 15 is 0 Å². The molecule has 0 heterocycles. The molecule has 0 atom stereocenters. The number of halogens is 1. The van der Waals surface area contributed by atoms with Crippen molar-refractivity contribution in [3.8, 4) is 5.75 Å². The number of nitrogens with zero attached hydrogens (tertiary/aromatic N) is 1. The maximum Gasteiger partial charge on any atom is 0.119 e. The van der Waals surface area contributed by atoms with Crippen molar-refractivity contribution in [2.75, 3.05) is 26.2 Å². The van der Waals surface area contributed by atoms with Crippen molar-refractivity contribution >= 4 is 12.4 Å². The predicted octanol–water partition coefficient (Wildman–Crippen LogP) is 4.78. The third-order valence-electron chi connectivity index (χ3n) is 3.29. The van der Waals surface area contributed by atoms with Crippen LogP contribution in [-0.4, -0.2) is 31.1 Å². The Morgan fingerprint density at radius 1 is 0.850 bits per heavy atom. The number of para-hydroxylation sites is 1. The lowest BCUT2D eigenvalue weighted by Crippen LogP contribution is -2.28. The first kappa shape index (κ1) is 19.3. The van der Waals surface area contributed by atoms with Crippen LogP contribution in [0, 0.1) is 0 Å². The van der Waals surface area contributed by atoms with Gasteiger partial charge in [-0.15, -0.1) is 12.4 Å². The molecule has 116 valence electrons. The van der Waals surface area contributed by atoms with Crippen molar-refractivity contribution in [2.45, 2.75) is 46.0 Å². The minimum Gasteiger partial charge on any atom is -0.494 e. The second-order valence-electron chi connectivity index (χ2n) is 5.06. The lowest BCUT2D eigenvalue weighted by Gasteiger charge is -2.21. The average Bonchev–Trinajstić information content (AvgIpc) is 2.46. The van der Waals surface area contributed by atoms with Gasteiger partial charge in [0.25, 0.3) is 0 Å². The molecule has 0 fully saturated rings. The van der Waals surface area contributed by atoms with Gasteiger partial charge in [0.05, 0.1) is 6.61 Å². The molecular weight excluding hydrogens is 270 g/mol. The van der Waals surface area contributed by atoms with E-state index in [0.717, 1.165) is 25.3 Å². The summed E-state index contributed by atoms with van der Waals surface area (Å²) in [5, 5.41) is 0. The molecular formula is C17H30ClNO. The number of unbranched alkanes of at least 4 members (excludes halogenated alkanes) is 2. The van der Waals surface area contributed by atoms with Crippen LogP contribution in [0.5, 0.6) is 5.75 Å². The zero-order valence-electron chi connectivity index (χ0n) is 13.0. The van der Waals surface area contributed by atoms with Gasteiger partial charge in [0, 0.05) is 6.54 Å². The summed E-state index contributed by atoms with van der Waals surface area (Å²) in [7, 11) is 0. The van der Waals surface area contributed by atoms with Crippen molar-refractivity contribution in [3.05, 3.63) is 30.3 Å². The van der Waals surface area contributed by atoms with Gasteiger partial charge in [-0.2, -0.15) is 0 Å². The van der Waals surface area contributed by atoms with Crippen molar-refractivity contribution in [1.29, 1.82) is 0 Å². The van der Waals surface area contributed by atoms with Crippen LogP contribution >= 0.6 is 12.4 Å². The zero-order chi connectivity index (χ0) is 13.8. The first-order chi connectivity index (χ1) is 9.36. The summed E-state index contributed by atoms with van der Waals surface area (Å²) in [6, 6.07) is 10.1. The molecule has 1 aromatic carbocycles. The third kappa shape index (κ3) is 9.22. The van der Waals surface area contributed by atoms with E-state index in [0.29, 0.717) is 0 Å². The summed E-state index contributed by atoms with van der Waals surface area (Å²) in [4.78, 5) is 2.58. The Hall–Kier alpha value is -0.730. The molecule has 0 aliphatic carbocycles. The van der Waals surface area contributed by atoms with Crippen LogP contribution in [0.1, 0.15) is 46.0 Å². The monoisotopic (exact) mass is 299 g/mol. The van der Waals surface area contributed by atoms with E-state index in [4.69, 9.17) is 4.74 Å². The van der Waals surface area contributed by atoms with Crippen LogP contribution in [0.2, 0.25) is 0 Å².